The van der Waals surface area contributed by atoms with Crippen molar-refractivity contribution in [2.45, 2.75) is 38.3 Å². The molecule has 33 heavy (non-hydrogen) atoms. The number of aryl methyl sites for hydroxylation is 1. The van der Waals surface area contributed by atoms with Gasteiger partial charge in [0.15, 0.2) is 0 Å². The molecule has 0 unspecified atom stereocenters. The van der Waals surface area contributed by atoms with E-state index in [1.807, 2.05) is 26.0 Å². The van der Waals surface area contributed by atoms with Crippen molar-refractivity contribution < 1.29 is 19.1 Å². The van der Waals surface area contributed by atoms with Gasteiger partial charge in [-0.05, 0) is 62.6 Å². The first-order chi connectivity index (χ1) is 15.8. The predicted molar refractivity (Wildman–Crippen MR) is 123 cm³/mol. The van der Waals surface area contributed by atoms with E-state index in [4.69, 9.17) is 16.3 Å². The van der Waals surface area contributed by atoms with Crippen LogP contribution in [0.1, 0.15) is 29.5 Å². The Morgan fingerprint density at radius 1 is 1.12 bits per heavy atom. The van der Waals surface area contributed by atoms with Gasteiger partial charge in [-0.15, -0.1) is 0 Å². The van der Waals surface area contributed by atoms with Gasteiger partial charge in [0, 0.05) is 22.3 Å². The molecule has 3 amide bonds. The van der Waals surface area contributed by atoms with Gasteiger partial charge in [-0.3, -0.25) is 19.3 Å². The molecule has 4 aliphatic rings. The highest BCUT2D eigenvalue weighted by Crippen LogP contribution is 2.61. The number of halogens is 1. The van der Waals surface area contributed by atoms with Crippen LogP contribution in [-0.4, -0.2) is 42.3 Å². The molecule has 6 rings (SSSR count). The van der Waals surface area contributed by atoms with E-state index in [1.54, 1.807) is 18.2 Å². The number of nitrogens with zero attached hydrogens (tertiary/aromatic N) is 2. The summed E-state index contributed by atoms with van der Waals surface area (Å²) in [5.74, 6) is -1.89. The van der Waals surface area contributed by atoms with Gasteiger partial charge in [0.25, 0.3) is 0 Å². The van der Waals surface area contributed by atoms with Crippen LogP contribution in [-0.2, 0) is 19.9 Å². The van der Waals surface area contributed by atoms with Crippen molar-refractivity contribution in [3.8, 4) is 5.75 Å². The van der Waals surface area contributed by atoms with E-state index < -0.39 is 17.4 Å². The molecule has 0 bridgehead atoms. The van der Waals surface area contributed by atoms with Crippen molar-refractivity contribution >= 4 is 40.7 Å². The van der Waals surface area contributed by atoms with Gasteiger partial charge in [0.2, 0.25) is 17.7 Å². The van der Waals surface area contributed by atoms with Crippen molar-refractivity contribution in [1.29, 1.82) is 0 Å². The van der Waals surface area contributed by atoms with Crippen molar-refractivity contribution in [3.05, 3.63) is 52.0 Å². The van der Waals surface area contributed by atoms with Crippen molar-refractivity contribution in [2.24, 2.45) is 11.8 Å². The Hall–Kier alpha value is -2.90. The largest absolute Gasteiger partial charge is 0.495 e. The fourth-order valence-electron chi connectivity index (χ4n) is 6.60. The van der Waals surface area contributed by atoms with Crippen LogP contribution in [0.5, 0.6) is 5.75 Å². The topological polar surface area (TPSA) is 79.0 Å². The maximum absolute atomic E-state index is 14.1. The number of rotatable bonds is 2. The first kappa shape index (κ1) is 20.7. The number of nitrogens with one attached hydrogen (secondary N) is 1. The highest BCUT2D eigenvalue weighted by molar-refractivity contribution is 6.32. The number of fused-ring (bicyclic) bond motifs is 7. The molecule has 2 aromatic rings. The second-order valence-electron chi connectivity index (χ2n) is 9.39. The first-order valence-electron chi connectivity index (χ1n) is 11.2. The molecule has 0 radical (unpaired) electrons. The summed E-state index contributed by atoms with van der Waals surface area (Å²) >= 11 is 6.22. The van der Waals surface area contributed by atoms with Gasteiger partial charge >= 0.3 is 0 Å². The first-order valence-corrected chi connectivity index (χ1v) is 11.6. The average Bonchev–Trinajstić information content (AvgIpc) is 3.49. The lowest BCUT2D eigenvalue weighted by molar-refractivity contribution is -0.135. The minimum absolute atomic E-state index is 0.167. The summed E-state index contributed by atoms with van der Waals surface area (Å²) in [5.41, 5.74) is 2.77. The van der Waals surface area contributed by atoms with Crippen molar-refractivity contribution in [3.63, 3.8) is 0 Å². The maximum Gasteiger partial charge on any atom is 0.250 e. The molecule has 0 aliphatic carbocycles. The second kappa shape index (κ2) is 6.81. The number of hydrogen-bond acceptors (Lipinski definition) is 5. The van der Waals surface area contributed by atoms with E-state index in [9.17, 15) is 14.4 Å². The van der Waals surface area contributed by atoms with Gasteiger partial charge in [-0.1, -0.05) is 23.7 Å². The fourth-order valence-corrected chi connectivity index (χ4v) is 6.76. The second-order valence-corrected chi connectivity index (χ2v) is 9.82. The number of hydrogen-bond donors (Lipinski definition) is 1. The highest BCUT2D eigenvalue weighted by Gasteiger charge is 2.74. The fraction of sp³-hybridized carbons (Fsp3) is 0.400. The normalized spacial score (nSPS) is 30.1. The molecule has 3 saturated heterocycles. The number of amides is 3. The Morgan fingerprint density at radius 2 is 1.91 bits per heavy atom. The SMILES string of the molecule is COc1ccc(Cl)cc1N1C(=O)[C@@H]2[C@@H]3CCCN3[C@]3(C(=O)Nc4c3ccc(C)c4C)[C@H]2C1=O. The summed E-state index contributed by atoms with van der Waals surface area (Å²) in [4.78, 5) is 45.0. The molecule has 4 aliphatic heterocycles. The number of benzene rings is 2. The van der Waals surface area contributed by atoms with Crippen LogP contribution in [0.15, 0.2) is 30.3 Å². The Balaban J connectivity index is 1.57. The van der Waals surface area contributed by atoms with E-state index in [-0.39, 0.29) is 23.8 Å². The zero-order valence-corrected chi connectivity index (χ0v) is 19.4. The number of imide groups is 1. The number of methoxy groups -OCH3 is 1. The Morgan fingerprint density at radius 3 is 2.67 bits per heavy atom. The lowest BCUT2D eigenvalue weighted by Crippen LogP contribution is -2.54. The van der Waals surface area contributed by atoms with Gasteiger partial charge < -0.3 is 10.1 Å². The molecule has 7 nitrogen and oxygen atoms in total. The lowest BCUT2D eigenvalue weighted by atomic mass is 9.75. The standard InChI is InChI=1S/C25H24ClN3O4/c1-12-6-8-15-21(13(12)2)27-24(32)25(15)20-19(16-5-4-10-28(16)25)22(30)29(23(20)31)17-11-14(26)7-9-18(17)33-3/h6-9,11,16,19-20H,4-5,10H2,1-3H3,(H,27,32)/t16-,19+,20+,25-/m0/s1. The number of carbonyl (C=O) groups is 3. The van der Waals surface area contributed by atoms with Crippen LogP contribution in [0.3, 0.4) is 0 Å². The molecule has 1 N–H and O–H groups in total. The van der Waals surface area contributed by atoms with E-state index >= 15 is 0 Å². The minimum Gasteiger partial charge on any atom is -0.495 e. The molecule has 3 fully saturated rings. The van der Waals surface area contributed by atoms with E-state index in [1.165, 1.54) is 12.0 Å². The van der Waals surface area contributed by atoms with Crippen LogP contribution >= 0.6 is 11.6 Å². The lowest BCUT2D eigenvalue weighted by Gasteiger charge is -2.36. The van der Waals surface area contributed by atoms with Gasteiger partial charge in [-0.2, -0.15) is 0 Å². The molecule has 0 aromatic heterocycles. The number of ether oxygens (including phenoxy) is 1. The van der Waals surface area contributed by atoms with Crippen LogP contribution in [0, 0.1) is 25.7 Å². The summed E-state index contributed by atoms with van der Waals surface area (Å²) < 4.78 is 5.45. The Labute approximate surface area is 196 Å². The molecule has 170 valence electrons. The van der Waals surface area contributed by atoms with Gasteiger partial charge in [0.1, 0.15) is 11.3 Å². The molecule has 0 saturated carbocycles. The Kier molecular flexibility index (Phi) is 4.27. The van der Waals surface area contributed by atoms with Crippen LogP contribution < -0.4 is 15.0 Å². The third-order valence-electron chi connectivity index (χ3n) is 8.08. The third kappa shape index (κ3) is 2.36. The highest BCUT2D eigenvalue weighted by atomic mass is 35.5. The molecular weight excluding hydrogens is 442 g/mol. The third-order valence-corrected chi connectivity index (χ3v) is 8.32. The number of anilines is 2. The van der Waals surface area contributed by atoms with Gasteiger partial charge in [0.05, 0.1) is 24.6 Å². The number of carbonyl (C=O) groups excluding carboxylic acids is 3. The smallest absolute Gasteiger partial charge is 0.250 e. The zero-order valence-electron chi connectivity index (χ0n) is 18.6. The quantitative estimate of drug-likeness (QED) is 0.688. The van der Waals surface area contributed by atoms with E-state index in [0.717, 1.165) is 35.2 Å². The summed E-state index contributed by atoms with van der Waals surface area (Å²) in [7, 11) is 1.49. The summed E-state index contributed by atoms with van der Waals surface area (Å²) in [6, 6.07) is 8.66. The van der Waals surface area contributed by atoms with Crippen molar-refractivity contribution in [2.75, 3.05) is 23.9 Å². The summed E-state index contributed by atoms with van der Waals surface area (Å²) in [6.45, 7) is 4.66. The van der Waals surface area contributed by atoms with E-state index in [0.29, 0.717) is 23.0 Å². The molecule has 8 heteroatoms. The molecule has 4 heterocycles. The monoisotopic (exact) mass is 465 g/mol. The van der Waals surface area contributed by atoms with Crippen LogP contribution in [0.4, 0.5) is 11.4 Å². The molecule has 1 spiro atoms. The molecule has 2 aromatic carbocycles. The van der Waals surface area contributed by atoms with Crippen LogP contribution in [0.25, 0.3) is 0 Å². The molecule has 4 atom stereocenters. The van der Waals surface area contributed by atoms with Crippen molar-refractivity contribution in [1.82, 2.24) is 4.90 Å². The van der Waals surface area contributed by atoms with Gasteiger partial charge in [-0.25, -0.2) is 4.90 Å². The Bertz CT molecular complexity index is 1260. The molecular formula is C25H24ClN3O4. The van der Waals surface area contributed by atoms with Crippen LogP contribution in [0.2, 0.25) is 5.02 Å². The zero-order chi connectivity index (χ0) is 23.2. The maximum atomic E-state index is 14.1. The van der Waals surface area contributed by atoms with E-state index in [2.05, 4.69) is 10.2 Å². The summed E-state index contributed by atoms with van der Waals surface area (Å²) in [5, 5.41) is 3.48. The summed E-state index contributed by atoms with van der Waals surface area (Å²) in [6.07, 6.45) is 1.65. The minimum atomic E-state index is -1.19. The predicted octanol–water partition coefficient (Wildman–Crippen LogP) is 3.40. The average molecular weight is 466 g/mol.